The molecule has 0 amide bonds. The van der Waals surface area contributed by atoms with E-state index in [0.29, 0.717) is 5.88 Å². The van der Waals surface area contributed by atoms with Crippen molar-refractivity contribution in [3.63, 3.8) is 0 Å². The first kappa shape index (κ1) is 15.1. The Bertz CT molecular complexity index is 460. The molecule has 112 valence electrons. The molecule has 1 aromatic heterocycles. The molecular weight excluding hydrogens is 269 g/mol. The van der Waals surface area contributed by atoms with Crippen molar-refractivity contribution in [3.8, 4) is 5.88 Å². The summed E-state index contributed by atoms with van der Waals surface area (Å²) in [7, 11) is 0. The average molecular weight is 288 g/mol. The van der Waals surface area contributed by atoms with Gasteiger partial charge in [0, 0.05) is 24.2 Å². The molecule has 0 spiro atoms. The lowest BCUT2D eigenvalue weighted by atomic mass is 9.95. The van der Waals surface area contributed by atoms with Crippen molar-refractivity contribution in [2.75, 3.05) is 6.61 Å². The van der Waals surface area contributed by atoms with E-state index in [1.54, 1.807) is 0 Å². The summed E-state index contributed by atoms with van der Waals surface area (Å²) in [6, 6.07) is 1.99. The van der Waals surface area contributed by atoms with E-state index in [0.717, 1.165) is 36.9 Å². The Morgan fingerprint density at radius 3 is 2.70 bits per heavy atom. The number of hydrogen-bond acceptors (Lipinski definition) is 3. The van der Waals surface area contributed by atoms with Crippen molar-refractivity contribution >= 4 is 0 Å². The minimum absolute atomic E-state index is 0.0122. The van der Waals surface area contributed by atoms with Crippen LogP contribution in [-0.2, 0) is 19.4 Å². The predicted molar refractivity (Wildman–Crippen MR) is 69.6 cm³/mol. The van der Waals surface area contributed by atoms with E-state index in [4.69, 9.17) is 10.5 Å². The molecule has 0 radical (unpaired) electrons. The summed E-state index contributed by atoms with van der Waals surface area (Å²) in [6.45, 7) is 0.299. The van der Waals surface area contributed by atoms with E-state index in [-0.39, 0.29) is 19.6 Å². The van der Waals surface area contributed by atoms with Crippen molar-refractivity contribution in [2.24, 2.45) is 5.73 Å². The van der Waals surface area contributed by atoms with Crippen LogP contribution in [0.2, 0.25) is 0 Å². The average Bonchev–Trinajstić information content (AvgIpc) is 2.41. The second kappa shape index (κ2) is 6.43. The molecule has 2 rings (SSSR count). The number of nitrogens with two attached hydrogens (primary N) is 1. The van der Waals surface area contributed by atoms with Crippen molar-refractivity contribution in [1.29, 1.82) is 0 Å². The van der Waals surface area contributed by atoms with Gasteiger partial charge in [-0.25, -0.2) is 4.98 Å². The molecule has 2 N–H and O–H groups in total. The third kappa shape index (κ3) is 4.10. The first-order valence-corrected chi connectivity index (χ1v) is 6.91. The zero-order chi connectivity index (χ0) is 14.6. The van der Waals surface area contributed by atoms with Crippen LogP contribution in [0.3, 0.4) is 0 Å². The minimum atomic E-state index is -4.14. The highest BCUT2D eigenvalue weighted by Gasteiger charge is 2.26. The van der Waals surface area contributed by atoms with Gasteiger partial charge in [0.05, 0.1) is 6.61 Å². The lowest BCUT2D eigenvalue weighted by Gasteiger charge is -2.18. The third-order valence-corrected chi connectivity index (χ3v) is 3.40. The van der Waals surface area contributed by atoms with Gasteiger partial charge in [0.25, 0.3) is 0 Å². The van der Waals surface area contributed by atoms with Crippen molar-refractivity contribution in [1.82, 2.24) is 4.98 Å². The molecule has 0 saturated carbocycles. The molecule has 0 fully saturated rings. The molecule has 0 bridgehead atoms. The standard InChI is InChI=1S/C14H19F3N2O/c15-14(16,17)6-3-7-20-13-11(9-18)8-10-4-1-2-5-12(10)19-13/h8H,1-7,9,18H2. The molecule has 1 aromatic rings. The molecule has 0 unspecified atom stereocenters. The lowest BCUT2D eigenvalue weighted by molar-refractivity contribution is -0.136. The summed E-state index contributed by atoms with van der Waals surface area (Å²) < 4.78 is 41.6. The van der Waals surface area contributed by atoms with E-state index >= 15 is 0 Å². The van der Waals surface area contributed by atoms with Gasteiger partial charge in [0.1, 0.15) is 0 Å². The van der Waals surface area contributed by atoms with Gasteiger partial charge >= 0.3 is 6.18 Å². The van der Waals surface area contributed by atoms with Gasteiger partial charge in [0.2, 0.25) is 5.88 Å². The smallest absolute Gasteiger partial charge is 0.389 e. The molecule has 20 heavy (non-hydrogen) atoms. The van der Waals surface area contributed by atoms with E-state index < -0.39 is 12.6 Å². The first-order valence-electron chi connectivity index (χ1n) is 6.91. The number of nitrogens with zero attached hydrogens (tertiary/aromatic N) is 1. The number of pyridine rings is 1. The number of ether oxygens (including phenoxy) is 1. The first-order chi connectivity index (χ1) is 9.49. The Morgan fingerprint density at radius 1 is 1.25 bits per heavy atom. The summed E-state index contributed by atoms with van der Waals surface area (Å²) in [6.07, 6.45) is -0.908. The number of halogens is 3. The summed E-state index contributed by atoms with van der Waals surface area (Å²) in [5, 5.41) is 0. The second-order valence-electron chi connectivity index (χ2n) is 5.04. The molecular formula is C14H19F3N2O. The van der Waals surface area contributed by atoms with Gasteiger partial charge in [-0.15, -0.1) is 0 Å². The highest BCUT2D eigenvalue weighted by atomic mass is 19.4. The summed E-state index contributed by atoms with van der Waals surface area (Å²) in [4.78, 5) is 4.43. The van der Waals surface area contributed by atoms with Crippen LogP contribution >= 0.6 is 0 Å². The number of rotatable bonds is 5. The van der Waals surface area contributed by atoms with Crippen LogP contribution < -0.4 is 10.5 Å². The van der Waals surface area contributed by atoms with Gasteiger partial charge in [-0.05, 0) is 43.7 Å². The molecule has 3 nitrogen and oxygen atoms in total. The predicted octanol–water partition coefficient (Wildman–Crippen LogP) is 3.14. The van der Waals surface area contributed by atoms with E-state index in [9.17, 15) is 13.2 Å². The Balaban J connectivity index is 1.99. The fourth-order valence-electron chi connectivity index (χ4n) is 2.38. The van der Waals surface area contributed by atoms with E-state index in [1.807, 2.05) is 6.07 Å². The zero-order valence-electron chi connectivity index (χ0n) is 11.3. The number of aryl methyl sites for hydroxylation is 2. The monoisotopic (exact) mass is 288 g/mol. The van der Waals surface area contributed by atoms with Crippen LogP contribution in [0, 0.1) is 0 Å². The lowest BCUT2D eigenvalue weighted by Crippen LogP contribution is -2.13. The van der Waals surface area contributed by atoms with Crippen LogP contribution in [0.15, 0.2) is 6.07 Å². The van der Waals surface area contributed by atoms with Crippen LogP contribution in [0.1, 0.15) is 42.5 Å². The maximum atomic E-state index is 12.1. The minimum Gasteiger partial charge on any atom is -0.477 e. The molecule has 1 aliphatic carbocycles. The molecule has 0 aromatic carbocycles. The molecule has 1 heterocycles. The number of aromatic nitrogens is 1. The maximum Gasteiger partial charge on any atom is 0.389 e. The summed E-state index contributed by atoms with van der Waals surface area (Å²) in [5.74, 6) is 0.398. The Kier molecular flexibility index (Phi) is 4.86. The number of alkyl halides is 3. The fraction of sp³-hybridized carbons (Fsp3) is 0.643. The normalized spacial score (nSPS) is 15.0. The zero-order valence-corrected chi connectivity index (χ0v) is 11.3. The van der Waals surface area contributed by atoms with Crippen molar-refractivity contribution < 1.29 is 17.9 Å². The Labute approximate surface area is 116 Å². The third-order valence-electron chi connectivity index (χ3n) is 3.40. The molecule has 0 saturated heterocycles. The van der Waals surface area contributed by atoms with Crippen molar-refractivity contribution in [2.45, 2.75) is 51.2 Å². The van der Waals surface area contributed by atoms with Gasteiger partial charge in [-0.3, -0.25) is 0 Å². The van der Waals surface area contributed by atoms with Gasteiger partial charge in [-0.1, -0.05) is 0 Å². The van der Waals surface area contributed by atoms with Crippen LogP contribution in [-0.4, -0.2) is 17.8 Å². The number of fused-ring (bicyclic) bond motifs is 1. The highest BCUT2D eigenvalue weighted by molar-refractivity contribution is 5.35. The van der Waals surface area contributed by atoms with Gasteiger partial charge in [0.15, 0.2) is 0 Å². The second-order valence-corrected chi connectivity index (χ2v) is 5.04. The largest absolute Gasteiger partial charge is 0.477 e. The van der Waals surface area contributed by atoms with E-state index in [1.165, 1.54) is 5.56 Å². The van der Waals surface area contributed by atoms with Gasteiger partial charge < -0.3 is 10.5 Å². The Morgan fingerprint density at radius 2 is 2.00 bits per heavy atom. The molecule has 0 aliphatic heterocycles. The SMILES string of the molecule is NCc1cc2c(nc1OCCCC(F)(F)F)CCCC2. The van der Waals surface area contributed by atoms with Crippen molar-refractivity contribution in [3.05, 3.63) is 22.9 Å². The quantitative estimate of drug-likeness (QED) is 0.847. The summed E-state index contributed by atoms with van der Waals surface area (Å²) in [5.41, 5.74) is 8.63. The number of hydrogen-bond donors (Lipinski definition) is 1. The fourth-order valence-corrected chi connectivity index (χ4v) is 2.38. The van der Waals surface area contributed by atoms with E-state index in [2.05, 4.69) is 4.98 Å². The summed E-state index contributed by atoms with van der Waals surface area (Å²) >= 11 is 0. The Hall–Kier alpha value is -1.30. The molecule has 0 atom stereocenters. The van der Waals surface area contributed by atoms with Gasteiger partial charge in [-0.2, -0.15) is 13.2 Å². The van der Waals surface area contributed by atoms with Crippen LogP contribution in [0.4, 0.5) is 13.2 Å². The van der Waals surface area contributed by atoms with Crippen LogP contribution in [0.5, 0.6) is 5.88 Å². The topological polar surface area (TPSA) is 48.1 Å². The molecule has 1 aliphatic rings. The highest BCUT2D eigenvalue weighted by Crippen LogP contribution is 2.26. The maximum absolute atomic E-state index is 12.1. The molecule has 6 heteroatoms. The van der Waals surface area contributed by atoms with Crippen LogP contribution in [0.25, 0.3) is 0 Å².